The molecule has 136 valence electrons. The summed E-state index contributed by atoms with van der Waals surface area (Å²) in [7, 11) is 0. The average Bonchev–Trinajstić information content (AvgIpc) is 2.64. The molecule has 0 fully saturated rings. The quantitative estimate of drug-likeness (QED) is 0.482. The zero-order valence-electron chi connectivity index (χ0n) is 14.6. The number of carbonyl (C=O) groups is 1. The van der Waals surface area contributed by atoms with Crippen LogP contribution in [0.25, 0.3) is 0 Å². The van der Waals surface area contributed by atoms with Crippen LogP contribution < -0.4 is 10.2 Å². The number of nitrogens with zero attached hydrogens (tertiary/aromatic N) is 3. The number of non-ortho nitro benzene ring substituents is 1. The number of aryl methyl sites for hydroxylation is 2. The van der Waals surface area contributed by atoms with E-state index in [0.29, 0.717) is 11.3 Å². The Bertz CT molecular complexity index is 1030. The van der Waals surface area contributed by atoms with Gasteiger partial charge < -0.3 is 10.2 Å². The van der Waals surface area contributed by atoms with Gasteiger partial charge in [-0.25, -0.2) is 0 Å². The van der Waals surface area contributed by atoms with E-state index in [-0.39, 0.29) is 16.3 Å². The van der Waals surface area contributed by atoms with E-state index in [0.717, 1.165) is 11.1 Å². The van der Waals surface area contributed by atoms with Gasteiger partial charge in [-0.15, -0.1) is 12.6 Å². The third-order valence-corrected chi connectivity index (χ3v) is 4.92. The van der Waals surface area contributed by atoms with Crippen LogP contribution in [0.3, 0.4) is 0 Å². The Labute approximate surface area is 161 Å². The minimum atomic E-state index is -0.732. The highest BCUT2D eigenvalue weighted by Gasteiger charge is 2.34. The number of benzene rings is 2. The van der Waals surface area contributed by atoms with Gasteiger partial charge in [-0.2, -0.15) is 5.26 Å². The fourth-order valence-corrected chi connectivity index (χ4v) is 3.28. The molecule has 0 radical (unpaired) electrons. The number of anilines is 1. The van der Waals surface area contributed by atoms with Gasteiger partial charge in [0.2, 0.25) is 0 Å². The molecule has 2 aromatic rings. The molecule has 1 heterocycles. The van der Waals surface area contributed by atoms with Crippen molar-refractivity contribution in [2.24, 2.45) is 0 Å². The van der Waals surface area contributed by atoms with E-state index in [4.69, 9.17) is 0 Å². The first kappa shape index (κ1) is 18.5. The normalized spacial score (nSPS) is 16.7. The monoisotopic (exact) mass is 380 g/mol. The minimum absolute atomic E-state index is 0.0856. The fraction of sp³-hybridized carbons (Fsp3) is 0.158. The zero-order chi connectivity index (χ0) is 19.7. The third kappa shape index (κ3) is 3.37. The predicted molar refractivity (Wildman–Crippen MR) is 104 cm³/mol. The largest absolute Gasteiger partial charge is 0.327 e. The van der Waals surface area contributed by atoms with Crippen LogP contribution in [0.4, 0.5) is 11.4 Å². The predicted octanol–water partition coefficient (Wildman–Crippen LogP) is 3.51. The highest BCUT2D eigenvalue weighted by molar-refractivity contribution is 7.84. The van der Waals surface area contributed by atoms with Crippen molar-refractivity contribution in [3.8, 4) is 6.07 Å². The van der Waals surface area contributed by atoms with Crippen LogP contribution in [0.15, 0.2) is 53.1 Å². The summed E-state index contributed by atoms with van der Waals surface area (Å²) in [6.45, 7) is 3.93. The Hall–Kier alpha value is -3.31. The van der Waals surface area contributed by atoms with Gasteiger partial charge in [-0.05, 0) is 37.1 Å². The SMILES string of the molecule is Cc1ccc(N2C(S)=C(C#N)C(=O)NC2c2cccc([N+](=O)[O-])c2)cc1C. The lowest BCUT2D eigenvalue weighted by atomic mass is 10.0. The van der Waals surface area contributed by atoms with Crippen molar-refractivity contribution in [3.05, 3.63) is 79.9 Å². The first-order valence-electron chi connectivity index (χ1n) is 8.08. The second-order valence-corrected chi connectivity index (χ2v) is 6.60. The smallest absolute Gasteiger partial charge is 0.269 e. The van der Waals surface area contributed by atoms with Crippen LogP contribution in [0.2, 0.25) is 0 Å². The van der Waals surface area contributed by atoms with E-state index in [1.54, 1.807) is 17.0 Å². The lowest BCUT2D eigenvalue weighted by Crippen LogP contribution is -2.46. The molecule has 0 aliphatic carbocycles. The van der Waals surface area contributed by atoms with Gasteiger partial charge in [-0.3, -0.25) is 14.9 Å². The molecule has 1 unspecified atom stereocenters. The minimum Gasteiger partial charge on any atom is -0.327 e. The molecule has 1 N–H and O–H groups in total. The summed E-state index contributed by atoms with van der Waals surface area (Å²) in [6, 6.07) is 13.6. The molecule has 1 amide bonds. The molecule has 2 aromatic carbocycles. The van der Waals surface area contributed by atoms with Gasteiger partial charge in [0.05, 0.1) is 9.95 Å². The molecule has 0 saturated heterocycles. The Morgan fingerprint density at radius 3 is 2.59 bits per heavy atom. The number of hydrogen-bond acceptors (Lipinski definition) is 6. The number of carbonyl (C=O) groups excluding carboxylic acids is 1. The van der Waals surface area contributed by atoms with E-state index < -0.39 is 17.0 Å². The maximum Gasteiger partial charge on any atom is 0.269 e. The van der Waals surface area contributed by atoms with Crippen molar-refractivity contribution in [2.75, 3.05) is 4.90 Å². The standard InChI is InChI=1S/C19H16N4O3S/c1-11-6-7-14(8-12(11)2)22-17(21-18(24)16(10-20)19(22)27)13-4-3-5-15(9-13)23(25)26/h3-9,17,27H,1-2H3,(H,21,24). The number of rotatable bonds is 3. The molecule has 3 rings (SSSR count). The summed E-state index contributed by atoms with van der Waals surface area (Å²) in [6.07, 6.45) is -0.732. The molecule has 8 heteroatoms. The van der Waals surface area contributed by atoms with Crippen molar-refractivity contribution >= 4 is 29.9 Å². The second-order valence-electron chi connectivity index (χ2n) is 6.18. The van der Waals surface area contributed by atoms with Gasteiger partial charge in [0.15, 0.2) is 0 Å². The van der Waals surface area contributed by atoms with Gasteiger partial charge in [-0.1, -0.05) is 18.2 Å². The number of nitrogens with one attached hydrogen (secondary N) is 1. The van der Waals surface area contributed by atoms with E-state index in [1.165, 1.54) is 12.1 Å². The van der Waals surface area contributed by atoms with Crippen molar-refractivity contribution in [3.63, 3.8) is 0 Å². The number of nitro groups is 1. The van der Waals surface area contributed by atoms with E-state index in [2.05, 4.69) is 17.9 Å². The maximum absolute atomic E-state index is 12.3. The molecule has 27 heavy (non-hydrogen) atoms. The fourth-order valence-electron chi connectivity index (χ4n) is 2.89. The molecule has 1 aliphatic rings. The molecule has 0 aromatic heterocycles. The first-order chi connectivity index (χ1) is 12.8. The number of nitro benzene ring substituents is 1. The Morgan fingerprint density at radius 1 is 1.22 bits per heavy atom. The molecule has 0 saturated carbocycles. The highest BCUT2D eigenvalue weighted by Crippen LogP contribution is 2.37. The van der Waals surface area contributed by atoms with Crippen molar-refractivity contribution in [1.82, 2.24) is 5.32 Å². The molecule has 0 spiro atoms. The van der Waals surface area contributed by atoms with Crippen LogP contribution in [-0.2, 0) is 4.79 Å². The summed E-state index contributed by atoms with van der Waals surface area (Å²) in [5.41, 5.74) is 3.15. The van der Waals surface area contributed by atoms with E-state index in [9.17, 15) is 20.2 Å². The second kappa shape index (κ2) is 7.13. The third-order valence-electron chi connectivity index (χ3n) is 4.48. The summed E-state index contributed by atoms with van der Waals surface area (Å²) in [5.74, 6) is -0.570. The molecular weight excluding hydrogens is 364 g/mol. The highest BCUT2D eigenvalue weighted by atomic mass is 32.1. The lowest BCUT2D eigenvalue weighted by molar-refractivity contribution is -0.384. The molecule has 7 nitrogen and oxygen atoms in total. The van der Waals surface area contributed by atoms with Crippen LogP contribution >= 0.6 is 12.6 Å². The number of thiol groups is 1. The summed E-state index contributed by atoms with van der Waals surface area (Å²) in [4.78, 5) is 24.7. The Balaban J connectivity index is 2.19. The lowest BCUT2D eigenvalue weighted by Gasteiger charge is -2.38. The van der Waals surface area contributed by atoms with Gasteiger partial charge in [0.1, 0.15) is 17.8 Å². The Kier molecular flexibility index (Phi) is 4.88. The first-order valence-corrected chi connectivity index (χ1v) is 8.53. The van der Waals surface area contributed by atoms with E-state index in [1.807, 2.05) is 38.1 Å². The number of nitriles is 1. The number of hydrogen-bond donors (Lipinski definition) is 2. The molecule has 1 atom stereocenters. The van der Waals surface area contributed by atoms with Crippen LogP contribution in [-0.4, -0.2) is 10.8 Å². The maximum atomic E-state index is 12.3. The number of amides is 1. The Morgan fingerprint density at radius 2 is 1.96 bits per heavy atom. The zero-order valence-corrected chi connectivity index (χ0v) is 15.5. The van der Waals surface area contributed by atoms with Gasteiger partial charge in [0, 0.05) is 23.4 Å². The van der Waals surface area contributed by atoms with Crippen molar-refractivity contribution in [1.29, 1.82) is 5.26 Å². The topological polar surface area (TPSA) is 99.3 Å². The summed E-state index contributed by atoms with van der Waals surface area (Å²) >= 11 is 4.43. The molecule has 0 bridgehead atoms. The summed E-state index contributed by atoms with van der Waals surface area (Å²) in [5, 5.41) is 23.4. The van der Waals surface area contributed by atoms with Gasteiger partial charge in [0.25, 0.3) is 11.6 Å². The van der Waals surface area contributed by atoms with Crippen LogP contribution in [0, 0.1) is 35.3 Å². The van der Waals surface area contributed by atoms with Gasteiger partial charge >= 0.3 is 0 Å². The van der Waals surface area contributed by atoms with Crippen LogP contribution in [0.1, 0.15) is 22.9 Å². The van der Waals surface area contributed by atoms with E-state index >= 15 is 0 Å². The van der Waals surface area contributed by atoms with Crippen LogP contribution in [0.5, 0.6) is 0 Å². The average molecular weight is 380 g/mol. The van der Waals surface area contributed by atoms with Crippen molar-refractivity contribution < 1.29 is 9.72 Å². The molecule has 1 aliphatic heterocycles. The molecular formula is C19H16N4O3S. The van der Waals surface area contributed by atoms with Crippen molar-refractivity contribution in [2.45, 2.75) is 20.0 Å². The summed E-state index contributed by atoms with van der Waals surface area (Å²) < 4.78 is 0.